The van der Waals surface area contributed by atoms with Gasteiger partial charge in [0.15, 0.2) is 17.9 Å². The van der Waals surface area contributed by atoms with Gasteiger partial charge in [0.2, 0.25) is 5.78 Å². The zero-order chi connectivity index (χ0) is 56.7. The second-order valence-electron chi connectivity index (χ2n) is 21.0. The lowest BCUT2D eigenvalue weighted by atomic mass is 9.72. The summed E-state index contributed by atoms with van der Waals surface area (Å²) >= 11 is 0. The van der Waals surface area contributed by atoms with Gasteiger partial charge >= 0.3 is 12.2 Å². The molecule has 2 fully saturated rings. The third-order valence-electron chi connectivity index (χ3n) is 15.9. The molecule has 1 saturated heterocycles. The lowest BCUT2D eigenvalue weighted by Gasteiger charge is -2.42. The third kappa shape index (κ3) is 10.5. The summed E-state index contributed by atoms with van der Waals surface area (Å²) in [5.41, 5.74) is 7.29. The highest BCUT2D eigenvalue weighted by Crippen LogP contribution is 2.53. The second kappa shape index (κ2) is 22.6. The van der Waals surface area contributed by atoms with E-state index >= 15 is 0 Å². The van der Waals surface area contributed by atoms with E-state index in [1.54, 1.807) is 38.4 Å². The normalized spacial score (nSPS) is 26.1. The molecule has 3 aliphatic carbocycles. The van der Waals surface area contributed by atoms with Crippen LogP contribution in [-0.4, -0.2) is 132 Å². The smallest absolute Gasteiger partial charge is 0.412 e. The number of nitrogens with two attached hydrogens (primary N) is 1. The largest absolute Gasteiger partial charge is 0.507 e. The standard InChI is InChI=1S/C58H61N7O15/c1-27-20-30(21-28(2)55(27)80-57(74)62-36-17-15-32-31(14-16-35(36)59)48(37-11-5-7-18-60-37)64-65-49(32)38-12-6-8-19-61-38)26-77-56(73)63-39-22-43(78-29(3)50(39)68)79-41-24-58(75,42(67)25-66)23-34-45(41)54(72)47-46(52(34)70)51(69)33-10-9-13-40(76-4)44(33)53(47)71/h5-13,18-21,29,31-32,35-36,39,41,43,50,66,68,70,72,75H,14-17,22-26,59H2,1-4H3,(H,62,74)(H,63,73)/t29?,31?,32?,35?,36?,39?,41?,43?,50?,58-/m0/s1. The number of rotatable bonds is 12. The van der Waals surface area contributed by atoms with Crippen LogP contribution in [0, 0.1) is 25.7 Å². The molecular weight excluding hydrogens is 1030 g/mol. The molecule has 418 valence electrons. The Morgan fingerprint density at radius 2 is 1.45 bits per heavy atom. The quantitative estimate of drug-likeness (QED) is 0.0758. The number of pyridine rings is 2. The highest BCUT2D eigenvalue weighted by molar-refractivity contribution is 6.31. The van der Waals surface area contributed by atoms with Gasteiger partial charge in [-0.25, -0.2) is 9.59 Å². The van der Waals surface area contributed by atoms with E-state index in [9.17, 15) is 49.5 Å². The van der Waals surface area contributed by atoms with Crippen molar-refractivity contribution in [1.82, 2.24) is 20.6 Å². The number of alkyl carbamates (subject to hydrolysis) is 1. The molecule has 9 N–H and O–H groups in total. The van der Waals surface area contributed by atoms with Gasteiger partial charge in [0, 0.05) is 72.3 Å². The van der Waals surface area contributed by atoms with Crippen LogP contribution in [0.1, 0.15) is 123 Å². The predicted octanol–water partition coefficient (Wildman–Crippen LogP) is 4.87. The summed E-state index contributed by atoms with van der Waals surface area (Å²) in [7, 11) is 1.30. The molecule has 22 heteroatoms. The number of methoxy groups -OCH3 is 1. The number of Topliss-reactive ketones (excluding diaryl/α,β-unsaturated/α-hetero) is 1. The summed E-state index contributed by atoms with van der Waals surface area (Å²) in [6.45, 7) is 3.66. The number of ketones is 3. The number of aliphatic hydroxyl groups excluding tert-OH is 2. The molecule has 0 spiro atoms. The van der Waals surface area contributed by atoms with Crippen LogP contribution in [0.3, 0.4) is 0 Å². The average molecular weight is 1100 g/mol. The first-order chi connectivity index (χ1) is 38.4. The molecule has 80 heavy (non-hydrogen) atoms. The minimum absolute atomic E-state index is 0.0238. The molecule has 0 radical (unpaired) electrons. The maximum Gasteiger partial charge on any atom is 0.412 e. The van der Waals surface area contributed by atoms with Crippen LogP contribution in [-0.2, 0) is 32.0 Å². The van der Waals surface area contributed by atoms with Gasteiger partial charge in [0.1, 0.15) is 47.9 Å². The fourth-order valence-corrected chi connectivity index (χ4v) is 11.9. The monoisotopic (exact) mass is 1100 g/mol. The number of aliphatic hydroxyl groups is 3. The highest BCUT2D eigenvalue weighted by atomic mass is 16.7. The van der Waals surface area contributed by atoms with Crippen LogP contribution >= 0.6 is 0 Å². The van der Waals surface area contributed by atoms with Crippen LogP contribution in [0.4, 0.5) is 9.59 Å². The Kier molecular flexibility index (Phi) is 15.7. The molecule has 9 unspecified atom stereocenters. The number of hydrogen-bond donors (Lipinski definition) is 8. The minimum Gasteiger partial charge on any atom is -0.507 e. The van der Waals surface area contributed by atoms with Gasteiger partial charge in [0.05, 0.1) is 64.9 Å². The molecule has 2 aliphatic heterocycles. The van der Waals surface area contributed by atoms with Crippen LogP contribution in [0.5, 0.6) is 23.0 Å². The Morgan fingerprint density at radius 1 is 0.812 bits per heavy atom. The number of aromatic nitrogens is 2. The summed E-state index contributed by atoms with van der Waals surface area (Å²) < 4.78 is 29.2. The van der Waals surface area contributed by atoms with E-state index in [0.717, 1.165) is 22.8 Å². The number of hydrogen-bond acceptors (Lipinski definition) is 20. The summed E-state index contributed by atoms with van der Waals surface area (Å²) in [5.74, 6) is -4.00. The Bertz CT molecular complexity index is 3320. The lowest BCUT2D eigenvalue weighted by Crippen LogP contribution is -2.56. The van der Waals surface area contributed by atoms with Crippen LogP contribution < -0.4 is 25.8 Å². The topological polar surface area (TPSA) is 333 Å². The molecule has 10 rings (SSSR count). The Balaban J connectivity index is 0.786. The van der Waals surface area contributed by atoms with Gasteiger partial charge in [-0.05, 0) is 106 Å². The molecule has 22 nitrogen and oxygen atoms in total. The number of phenols is 2. The van der Waals surface area contributed by atoms with Gasteiger partial charge in [-0.2, -0.15) is 10.2 Å². The van der Waals surface area contributed by atoms with Crippen molar-refractivity contribution in [2.75, 3.05) is 13.7 Å². The Morgan fingerprint density at radius 3 is 2.08 bits per heavy atom. The fraction of sp³-hybridized carbons (Fsp3) is 0.397. The highest BCUT2D eigenvalue weighted by Gasteiger charge is 2.51. The number of carbonyl (C=O) groups is 5. The number of phenolic OH excluding ortho intramolecular Hbond substituents is 2. The van der Waals surface area contributed by atoms with Crippen LogP contribution in [0.2, 0.25) is 0 Å². The number of nitrogens with one attached hydrogen (secondary N) is 2. The number of benzene rings is 3. The minimum atomic E-state index is -2.39. The van der Waals surface area contributed by atoms with Crippen molar-refractivity contribution in [2.45, 2.75) is 121 Å². The maximum absolute atomic E-state index is 14.1. The van der Waals surface area contributed by atoms with Crippen molar-refractivity contribution in [3.63, 3.8) is 0 Å². The van der Waals surface area contributed by atoms with Gasteiger partial charge in [-0.3, -0.25) is 24.4 Å². The fourth-order valence-electron chi connectivity index (χ4n) is 11.9. The van der Waals surface area contributed by atoms with E-state index < -0.39 is 120 Å². The second-order valence-corrected chi connectivity index (χ2v) is 21.0. The summed E-state index contributed by atoms with van der Waals surface area (Å²) in [6.07, 6.45) is -2.46. The van der Waals surface area contributed by atoms with E-state index in [1.165, 1.54) is 32.2 Å². The van der Waals surface area contributed by atoms with E-state index in [-0.39, 0.29) is 52.9 Å². The van der Waals surface area contributed by atoms with Crippen molar-refractivity contribution >= 4 is 41.0 Å². The molecule has 2 aromatic heterocycles. The number of nitrogens with zero attached hydrogens (tertiary/aromatic N) is 4. The number of fused-ring (bicyclic) bond motifs is 4. The van der Waals surface area contributed by atoms with Crippen molar-refractivity contribution < 1.29 is 73.2 Å². The zero-order valence-corrected chi connectivity index (χ0v) is 44.3. The molecule has 0 bridgehead atoms. The maximum atomic E-state index is 14.1. The first kappa shape index (κ1) is 55.3. The Labute approximate surface area is 459 Å². The van der Waals surface area contributed by atoms with E-state index in [2.05, 4.69) is 30.8 Å². The number of carbonyl (C=O) groups excluding carboxylic acids is 5. The van der Waals surface area contributed by atoms with E-state index in [1.807, 2.05) is 36.4 Å². The average Bonchev–Trinajstić information content (AvgIpc) is 3.55. The van der Waals surface area contributed by atoms with Crippen LogP contribution in [0.25, 0.3) is 0 Å². The number of aryl methyl sites for hydroxylation is 2. The predicted molar refractivity (Wildman–Crippen MR) is 285 cm³/mol. The van der Waals surface area contributed by atoms with E-state index in [4.69, 9.17) is 29.4 Å². The van der Waals surface area contributed by atoms with Crippen LogP contribution in [0.15, 0.2) is 89.3 Å². The molecule has 5 aliphatic rings. The molecule has 3 aromatic carbocycles. The van der Waals surface area contributed by atoms with Crippen molar-refractivity contribution in [2.24, 2.45) is 27.8 Å². The molecule has 4 heterocycles. The zero-order valence-electron chi connectivity index (χ0n) is 44.3. The van der Waals surface area contributed by atoms with Crippen molar-refractivity contribution in [3.05, 3.63) is 141 Å². The van der Waals surface area contributed by atoms with Gasteiger partial charge in [-0.15, -0.1) is 0 Å². The van der Waals surface area contributed by atoms with Gasteiger partial charge in [0.25, 0.3) is 0 Å². The molecule has 5 aromatic rings. The first-order valence-electron chi connectivity index (χ1n) is 26.4. The first-order valence-corrected chi connectivity index (χ1v) is 26.4. The molecular formula is C58H61N7O15. The number of aromatic hydroxyl groups is 2. The molecule has 1 saturated carbocycles. The molecule has 2 amide bonds. The SMILES string of the molecule is COc1cccc2c1C(=O)c1c(O)c3c(c(O)c1C2=O)C[C@@](O)(C(=O)CO)CC3OC1CC(NC(=O)OCc2cc(C)c(OC(=O)NC3CCC4C(c5ccccn5)=NN=C(c5ccccn5)C4CCC3N)c(C)c2)C(O)C(C)O1. The summed E-state index contributed by atoms with van der Waals surface area (Å²) in [6, 6.07) is 17.2. The molecule has 10 atom stereocenters. The van der Waals surface area contributed by atoms with E-state index in [0.29, 0.717) is 48.1 Å². The summed E-state index contributed by atoms with van der Waals surface area (Å²) in [4.78, 5) is 77.4. The van der Waals surface area contributed by atoms with Gasteiger partial charge < -0.3 is 65.6 Å². The Hall–Kier alpha value is -7.99. The lowest BCUT2D eigenvalue weighted by molar-refractivity contribution is -0.249. The number of ether oxygens (including phenoxy) is 5. The van der Waals surface area contributed by atoms with Crippen molar-refractivity contribution in [3.8, 4) is 23.0 Å². The summed E-state index contributed by atoms with van der Waals surface area (Å²) in [5, 5.41) is 71.5. The van der Waals surface area contributed by atoms with Gasteiger partial charge in [-0.1, -0.05) is 24.3 Å². The third-order valence-corrected chi connectivity index (χ3v) is 15.9. The van der Waals surface area contributed by atoms with Crippen molar-refractivity contribution in [1.29, 1.82) is 0 Å². The number of amides is 2.